The van der Waals surface area contributed by atoms with E-state index in [1.807, 2.05) is 11.6 Å². The van der Waals surface area contributed by atoms with Crippen LogP contribution < -0.4 is 5.32 Å². The summed E-state index contributed by atoms with van der Waals surface area (Å²) in [6.45, 7) is 12.9. The normalized spacial score (nSPS) is 10.6. The quantitative estimate of drug-likeness (QED) is 0.573. The van der Waals surface area contributed by atoms with E-state index in [0.29, 0.717) is 0 Å². The zero-order valence-electron chi connectivity index (χ0n) is 10.0. The highest BCUT2D eigenvalue weighted by atomic mass is 15.3. The first-order chi connectivity index (χ1) is 7.13. The van der Waals surface area contributed by atoms with Crippen molar-refractivity contribution in [3.05, 3.63) is 29.6 Å². The van der Waals surface area contributed by atoms with Crippen molar-refractivity contribution in [2.24, 2.45) is 0 Å². The van der Waals surface area contributed by atoms with E-state index in [1.165, 1.54) is 12.0 Å². The standard InChI is InChI=1S/C12H21N3/c1-5-6-13-7-12-9-15(8-10(2)3)14-11(12)4/h9,13H,2,5-8H2,1,3-4H3. The number of hydrogen-bond acceptors (Lipinski definition) is 2. The molecule has 1 aromatic heterocycles. The molecule has 0 spiro atoms. The monoisotopic (exact) mass is 207 g/mol. The van der Waals surface area contributed by atoms with Gasteiger partial charge < -0.3 is 5.32 Å². The number of hydrogen-bond donors (Lipinski definition) is 1. The van der Waals surface area contributed by atoms with Crippen LogP contribution in [-0.2, 0) is 13.1 Å². The molecule has 0 aliphatic carbocycles. The SMILES string of the molecule is C=C(C)Cn1cc(CNCCC)c(C)n1. The highest BCUT2D eigenvalue weighted by Crippen LogP contribution is 2.06. The molecule has 3 heteroatoms. The molecule has 0 aromatic carbocycles. The van der Waals surface area contributed by atoms with E-state index in [9.17, 15) is 0 Å². The number of aromatic nitrogens is 2. The van der Waals surface area contributed by atoms with Crippen molar-refractivity contribution in [1.29, 1.82) is 0 Å². The molecule has 0 aliphatic heterocycles. The van der Waals surface area contributed by atoms with E-state index in [1.54, 1.807) is 0 Å². The van der Waals surface area contributed by atoms with Crippen molar-refractivity contribution in [3.63, 3.8) is 0 Å². The molecule has 1 heterocycles. The minimum Gasteiger partial charge on any atom is -0.313 e. The third-order valence-electron chi connectivity index (χ3n) is 2.22. The molecule has 1 rings (SSSR count). The first-order valence-electron chi connectivity index (χ1n) is 5.51. The van der Waals surface area contributed by atoms with Gasteiger partial charge in [-0.15, -0.1) is 0 Å². The zero-order chi connectivity index (χ0) is 11.3. The topological polar surface area (TPSA) is 29.9 Å². The fraction of sp³-hybridized carbons (Fsp3) is 0.583. The lowest BCUT2D eigenvalue weighted by Gasteiger charge is -2.00. The Morgan fingerprint density at radius 1 is 1.60 bits per heavy atom. The highest BCUT2D eigenvalue weighted by Gasteiger charge is 2.03. The maximum Gasteiger partial charge on any atom is 0.0638 e. The van der Waals surface area contributed by atoms with E-state index in [0.717, 1.165) is 30.9 Å². The van der Waals surface area contributed by atoms with Crippen LogP contribution >= 0.6 is 0 Å². The number of allylic oxidation sites excluding steroid dienone is 1. The van der Waals surface area contributed by atoms with Gasteiger partial charge >= 0.3 is 0 Å². The molecule has 3 nitrogen and oxygen atoms in total. The Labute approximate surface area is 92.2 Å². The molecular weight excluding hydrogens is 186 g/mol. The average Bonchev–Trinajstić information content (AvgIpc) is 2.46. The smallest absolute Gasteiger partial charge is 0.0638 e. The fourth-order valence-electron chi connectivity index (χ4n) is 1.49. The van der Waals surface area contributed by atoms with Crippen LogP contribution in [0.1, 0.15) is 31.5 Å². The average molecular weight is 207 g/mol. The van der Waals surface area contributed by atoms with Gasteiger partial charge in [0, 0.05) is 18.3 Å². The number of nitrogens with one attached hydrogen (secondary N) is 1. The van der Waals surface area contributed by atoms with Crippen LogP contribution in [0.25, 0.3) is 0 Å². The van der Waals surface area contributed by atoms with E-state index < -0.39 is 0 Å². The van der Waals surface area contributed by atoms with Crippen LogP contribution in [0.2, 0.25) is 0 Å². The molecule has 0 aliphatic rings. The zero-order valence-corrected chi connectivity index (χ0v) is 10.0. The maximum absolute atomic E-state index is 4.45. The second-order valence-corrected chi connectivity index (χ2v) is 4.07. The van der Waals surface area contributed by atoms with Gasteiger partial charge in [-0.3, -0.25) is 4.68 Å². The predicted octanol–water partition coefficient (Wildman–Crippen LogP) is 2.27. The molecule has 0 fully saturated rings. The first kappa shape index (κ1) is 12.0. The molecule has 0 saturated heterocycles. The number of nitrogens with zero attached hydrogens (tertiary/aromatic N) is 2. The van der Waals surface area contributed by atoms with Crippen LogP contribution in [0, 0.1) is 6.92 Å². The largest absolute Gasteiger partial charge is 0.313 e. The van der Waals surface area contributed by atoms with Crippen LogP contribution in [-0.4, -0.2) is 16.3 Å². The van der Waals surface area contributed by atoms with E-state index >= 15 is 0 Å². The summed E-state index contributed by atoms with van der Waals surface area (Å²) in [5.41, 5.74) is 3.52. The summed E-state index contributed by atoms with van der Waals surface area (Å²) >= 11 is 0. The Bertz CT molecular complexity index is 326. The predicted molar refractivity (Wildman–Crippen MR) is 63.8 cm³/mol. The van der Waals surface area contributed by atoms with Crippen LogP contribution in [0.4, 0.5) is 0 Å². The van der Waals surface area contributed by atoms with Crippen molar-refractivity contribution >= 4 is 0 Å². The fourth-order valence-corrected chi connectivity index (χ4v) is 1.49. The third kappa shape index (κ3) is 3.88. The highest BCUT2D eigenvalue weighted by molar-refractivity contribution is 5.15. The van der Waals surface area contributed by atoms with E-state index in [2.05, 4.69) is 37.0 Å². The van der Waals surface area contributed by atoms with E-state index in [-0.39, 0.29) is 0 Å². The molecule has 0 radical (unpaired) electrons. The Morgan fingerprint density at radius 2 is 2.33 bits per heavy atom. The minimum absolute atomic E-state index is 0.814. The number of rotatable bonds is 6. The molecule has 15 heavy (non-hydrogen) atoms. The third-order valence-corrected chi connectivity index (χ3v) is 2.22. The van der Waals surface area contributed by atoms with Gasteiger partial charge in [0.05, 0.1) is 12.2 Å². The Morgan fingerprint density at radius 3 is 2.93 bits per heavy atom. The maximum atomic E-state index is 4.45. The van der Waals surface area contributed by atoms with Gasteiger partial charge in [0.15, 0.2) is 0 Å². The van der Waals surface area contributed by atoms with E-state index in [4.69, 9.17) is 0 Å². The summed E-state index contributed by atoms with van der Waals surface area (Å²) in [5.74, 6) is 0. The lowest BCUT2D eigenvalue weighted by atomic mass is 10.2. The van der Waals surface area contributed by atoms with Gasteiger partial charge in [-0.05, 0) is 26.8 Å². The summed E-state index contributed by atoms with van der Waals surface area (Å²) in [7, 11) is 0. The first-order valence-corrected chi connectivity index (χ1v) is 5.51. The molecular formula is C12H21N3. The lowest BCUT2D eigenvalue weighted by Crippen LogP contribution is -2.13. The molecule has 0 amide bonds. The molecule has 84 valence electrons. The summed E-state index contributed by atoms with van der Waals surface area (Å²) in [6, 6.07) is 0. The van der Waals surface area contributed by atoms with Crippen molar-refractivity contribution in [2.45, 2.75) is 40.3 Å². The Kier molecular flexibility index (Phi) is 4.56. The second-order valence-electron chi connectivity index (χ2n) is 4.07. The van der Waals surface area contributed by atoms with Gasteiger partial charge in [-0.25, -0.2) is 0 Å². The number of aryl methyl sites for hydroxylation is 1. The summed E-state index contributed by atoms with van der Waals surface area (Å²) < 4.78 is 1.96. The van der Waals surface area contributed by atoms with Gasteiger partial charge in [0.1, 0.15) is 0 Å². The van der Waals surface area contributed by atoms with Gasteiger partial charge in [-0.1, -0.05) is 19.1 Å². The molecule has 0 bridgehead atoms. The van der Waals surface area contributed by atoms with Gasteiger partial charge in [-0.2, -0.15) is 5.10 Å². The lowest BCUT2D eigenvalue weighted by molar-refractivity contribution is 0.665. The van der Waals surface area contributed by atoms with Crippen molar-refractivity contribution in [3.8, 4) is 0 Å². The Hall–Kier alpha value is -1.09. The summed E-state index contributed by atoms with van der Waals surface area (Å²) in [4.78, 5) is 0. The Balaban J connectivity index is 2.56. The second kappa shape index (κ2) is 5.71. The van der Waals surface area contributed by atoms with Crippen LogP contribution in [0.3, 0.4) is 0 Å². The van der Waals surface area contributed by atoms with Crippen LogP contribution in [0.15, 0.2) is 18.3 Å². The van der Waals surface area contributed by atoms with Gasteiger partial charge in [0.25, 0.3) is 0 Å². The minimum atomic E-state index is 0.814. The molecule has 0 unspecified atom stereocenters. The molecule has 0 atom stereocenters. The molecule has 0 saturated carbocycles. The molecule has 1 aromatic rings. The van der Waals surface area contributed by atoms with Crippen molar-refractivity contribution in [1.82, 2.24) is 15.1 Å². The van der Waals surface area contributed by atoms with Crippen molar-refractivity contribution < 1.29 is 0 Å². The van der Waals surface area contributed by atoms with Crippen molar-refractivity contribution in [2.75, 3.05) is 6.54 Å². The summed E-state index contributed by atoms with van der Waals surface area (Å²) in [5, 5.41) is 7.83. The van der Waals surface area contributed by atoms with Crippen LogP contribution in [0.5, 0.6) is 0 Å². The molecule has 1 N–H and O–H groups in total. The van der Waals surface area contributed by atoms with Gasteiger partial charge in [0.2, 0.25) is 0 Å². The summed E-state index contributed by atoms with van der Waals surface area (Å²) in [6.07, 6.45) is 3.27.